The Bertz CT molecular complexity index is 653. The Hall–Kier alpha value is -2.34. The van der Waals surface area contributed by atoms with Gasteiger partial charge in [0.25, 0.3) is 0 Å². The third-order valence-corrected chi connectivity index (χ3v) is 3.35. The summed E-state index contributed by atoms with van der Waals surface area (Å²) in [5.41, 5.74) is 0.886. The zero-order chi connectivity index (χ0) is 15.9. The molecule has 22 heavy (non-hydrogen) atoms. The lowest BCUT2D eigenvalue weighted by atomic mass is 10.2. The number of rotatable bonds is 4. The van der Waals surface area contributed by atoms with Crippen LogP contribution in [0.2, 0.25) is 0 Å². The van der Waals surface area contributed by atoms with Gasteiger partial charge in [0, 0.05) is 12.7 Å². The molecule has 6 heteroatoms. The maximum absolute atomic E-state index is 12.7. The van der Waals surface area contributed by atoms with Crippen molar-refractivity contribution < 1.29 is 23.5 Å². The number of carbonyl (C=O) groups excluding carboxylic acids is 2. The Morgan fingerprint density at radius 1 is 0.955 bits per heavy atom. The van der Waals surface area contributed by atoms with Gasteiger partial charge in [-0.2, -0.15) is 0 Å². The second kappa shape index (κ2) is 7.61. The number of halogens is 1. The first kappa shape index (κ1) is 16.0. The van der Waals surface area contributed by atoms with Crippen molar-refractivity contribution in [3.63, 3.8) is 0 Å². The largest absolute Gasteiger partial charge is 0.427 e. The second-order valence-corrected chi connectivity index (χ2v) is 5.24. The van der Waals surface area contributed by atoms with Gasteiger partial charge in [-0.05, 0) is 53.7 Å². The summed E-state index contributed by atoms with van der Waals surface area (Å²) in [5, 5.41) is -0.476. The van der Waals surface area contributed by atoms with E-state index in [1.54, 1.807) is 24.3 Å². The van der Waals surface area contributed by atoms with Crippen LogP contribution in [0.5, 0.6) is 11.5 Å². The number of hydrogen-bond donors (Lipinski definition) is 0. The zero-order valence-corrected chi connectivity index (χ0v) is 12.6. The molecule has 0 amide bonds. The number of benzene rings is 2. The van der Waals surface area contributed by atoms with Crippen LogP contribution < -0.4 is 9.47 Å². The average Bonchev–Trinajstić information content (AvgIpc) is 2.48. The first-order valence-corrected chi connectivity index (χ1v) is 7.39. The summed E-state index contributed by atoms with van der Waals surface area (Å²) in [6.07, 6.45) is 0. The van der Waals surface area contributed by atoms with Gasteiger partial charge in [-0.25, -0.2) is 9.18 Å². The highest BCUT2D eigenvalue weighted by Gasteiger charge is 2.07. The highest BCUT2D eigenvalue weighted by molar-refractivity contribution is 8.12. The van der Waals surface area contributed by atoms with E-state index in [1.807, 2.05) is 0 Å². The van der Waals surface area contributed by atoms with E-state index in [0.29, 0.717) is 17.3 Å². The summed E-state index contributed by atoms with van der Waals surface area (Å²) in [6.45, 7) is 1.33. The van der Waals surface area contributed by atoms with Gasteiger partial charge in [0.05, 0.1) is 0 Å². The van der Waals surface area contributed by atoms with Crippen LogP contribution in [0.25, 0.3) is 0 Å². The molecule has 2 aromatic carbocycles. The highest BCUT2D eigenvalue weighted by Crippen LogP contribution is 2.20. The van der Waals surface area contributed by atoms with Gasteiger partial charge in [-0.1, -0.05) is 12.1 Å². The van der Waals surface area contributed by atoms with Crippen molar-refractivity contribution in [1.29, 1.82) is 0 Å². The van der Waals surface area contributed by atoms with E-state index in [0.717, 1.165) is 17.3 Å². The Morgan fingerprint density at radius 2 is 1.50 bits per heavy atom. The van der Waals surface area contributed by atoms with Crippen molar-refractivity contribution in [3.8, 4) is 11.5 Å². The van der Waals surface area contributed by atoms with E-state index in [9.17, 15) is 14.0 Å². The zero-order valence-electron chi connectivity index (χ0n) is 11.7. The van der Waals surface area contributed by atoms with Gasteiger partial charge < -0.3 is 9.47 Å². The fourth-order valence-electron chi connectivity index (χ4n) is 1.59. The number of ether oxygens (including phenoxy) is 2. The molecule has 0 spiro atoms. The summed E-state index contributed by atoms with van der Waals surface area (Å²) < 4.78 is 22.7. The van der Waals surface area contributed by atoms with E-state index >= 15 is 0 Å². The summed E-state index contributed by atoms with van der Waals surface area (Å²) in [7, 11) is 0. The van der Waals surface area contributed by atoms with Gasteiger partial charge in [0.15, 0.2) is 0 Å². The normalized spacial score (nSPS) is 10.1. The Balaban J connectivity index is 1.83. The van der Waals surface area contributed by atoms with E-state index in [2.05, 4.69) is 0 Å². The van der Waals surface area contributed by atoms with Crippen LogP contribution in [0.1, 0.15) is 12.5 Å². The molecule has 0 aliphatic rings. The molecule has 0 aliphatic heterocycles. The van der Waals surface area contributed by atoms with Crippen molar-refractivity contribution in [2.24, 2.45) is 0 Å². The van der Waals surface area contributed by atoms with Gasteiger partial charge in [-0.15, -0.1) is 0 Å². The standard InChI is InChI=1S/C16H13FO4S/c1-11(18)20-14-6-2-12(3-7-14)10-22-16(19)21-15-8-4-13(17)5-9-15/h2-9H,10H2,1H3. The van der Waals surface area contributed by atoms with Gasteiger partial charge in [0.1, 0.15) is 17.3 Å². The molecule has 2 rings (SSSR count). The van der Waals surface area contributed by atoms with E-state index in [1.165, 1.54) is 31.2 Å². The molecule has 4 nitrogen and oxygen atoms in total. The van der Waals surface area contributed by atoms with Crippen LogP contribution in [0.15, 0.2) is 48.5 Å². The monoisotopic (exact) mass is 320 g/mol. The smallest absolute Gasteiger partial charge is 0.373 e. The average molecular weight is 320 g/mol. The first-order valence-electron chi connectivity index (χ1n) is 6.40. The molecule has 0 aromatic heterocycles. The lowest BCUT2D eigenvalue weighted by molar-refractivity contribution is -0.131. The Kier molecular flexibility index (Phi) is 5.55. The van der Waals surface area contributed by atoms with Crippen molar-refractivity contribution in [2.45, 2.75) is 12.7 Å². The van der Waals surface area contributed by atoms with Crippen molar-refractivity contribution in [1.82, 2.24) is 0 Å². The molecule has 114 valence electrons. The van der Waals surface area contributed by atoms with E-state index < -0.39 is 5.30 Å². The lowest BCUT2D eigenvalue weighted by Gasteiger charge is -2.05. The molecule has 0 radical (unpaired) electrons. The number of carbonyl (C=O) groups is 2. The third kappa shape index (κ3) is 5.21. The van der Waals surface area contributed by atoms with Gasteiger partial charge >= 0.3 is 11.3 Å². The topological polar surface area (TPSA) is 52.6 Å². The minimum atomic E-state index is -0.476. The van der Waals surface area contributed by atoms with Crippen molar-refractivity contribution in [3.05, 3.63) is 59.9 Å². The predicted molar refractivity (Wildman–Crippen MR) is 81.5 cm³/mol. The third-order valence-electron chi connectivity index (χ3n) is 2.56. The van der Waals surface area contributed by atoms with Crippen molar-refractivity contribution >= 4 is 23.0 Å². The molecule has 0 saturated carbocycles. The minimum absolute atomic E-state index is 0.295. The van der Waals surface area contributed by atoms with Crippen LogP contribution in [-0.4, -0.2) is 11.3 Å². The molecule has 0 atom stereocenters. The summed E-state index contributed by atoms with van der Waals surface area (Å²) in [5.74, 6) is 0.393. The summed E-state index contributed by atoms with van der Waals surface area (Å²) in [4.78, 5) is 22.5. The Morgan fingerprint density at radius 3 is 2.09 bits per heavy atom. The first-order chi connectivity index (χ1) is 10.5. The van der Waals surface area contributed by atoms with Crippen molar-refractivity contribution in [2.75, 3.05) is 0 Å². The molecule has 0 fully saturated rings. The van der Waals surface area contributed by atoms with E-state index in [-0.39, 0.29) is 11.8 Å². The number of thioether (sulfide) groups is 1. The van der Waals surface area contributed by atoms with E-state index in [4.69, 9.17) is 9.47 Å². The lowest BCUT2D eigenvalue weighted by Crippen LogP contribution is -2.02. The fourth-order valence-corrected chi connectivity index (χ4v) is 2.22. The van der Waals surface area contributed by atoms with Crippen LogP contribution in [0, 0.1) is 5.82 Å². The molecule has 0 bridgehead atoms. The number of esters is 1. The van der Waals surface area contributed by atoms with Gasteiger partial charge in [-0.3, -0.25) is 4.79 Å². The fraction of sp³-hybridized carbons (Fsp3) is 0.125. The van der Waals surface area contributed by atoms with Crippen LogP contribution in [0.4, 0.5) is 9.18 Å². The van der Waals surface area contributed by atoms with Crippen LogP contribution in [0.3, 0.4) is 0 Å². The molecule has 0 saturated heterocycles. The molecular formula is C16H13FO4S. The SMILES string of the molecule is CC(=O)Oc1ccc(CSC(=O)Oc2ccc(F)cc2)cc1. The number of hydrogen-bond acceptors (Lipinski definition) is 5. The maximum atomic E-state index is 12.7. The van der Waals surface area contributed by atoms with Crippen LogP contribution in [-0.2, 0) is 10.5 Å². The molecule has 0 unspecified atom stereocenters. The van der Waals surface area contributed by atoms with Crippen LogP contribution >= 0.6 is 11.8 Å². The Labute approximate surface area is 131 Å². The molecular weight excluding hydrogens is 307 g/mol. The highest BCUT2D eigenvalue weighted by atomic mass is 32.2. The summed E-state index contributed by atoms with van der Waals surface area (Å²) in [6, 6.07) is 12.1. The molecule has 0 aliphatic carbocycles. The molecule has 2 aromatic rings. The maximum Gasteiger partial charge on any atom is 0.373 e. The van der Waals surface area contributed by atoms with Gasteiger partial charge in [0.2, 0.25) is 0 Å². The molecule has 0 heterocycles. The quantitative estimate of drug-likeness (QED) is 0.625. The second-order valence-electron chi connectivity index (χ2n) is 4.33. The minimum Gasteiger partial charge on any atom is -0.427 e. The summed E-state index contributed by atoms with van der Waals surface area (Å²) >= 11 is 0.986. The predicted octanol–water partition coefficient (Wildman–Crippen LogP) is 4.18. The molecule has 0 N–H and O–H groups in total.